The molecule has 12 heavy (non-hydrogen) atoms. The number of hydrogen-bond acceptors (Lipinski definition) is 2. The van der Waals surface area contributed by atoms with Crippen LogP contribution >= 0.6 is 34.2 Å². The topological polar surface area (TPSA) is 38.9 Å². The molecule has 0 aromatic carbocycles. The van der Waals surface area contributed by atoms with Crippen molar-refractivity contribution in [3.63, 3.8) is 0 Å². The number of nitrogens with two attached hydrogens (primary N) is 1. The van der Waals surface area contributed by atoms with Crippen molar-refractivity contribution in [1.29, 1.82) is 0 Å². The first-order valence-electron chi connectivity index (χ1n) is 2.92. The van der Waals surface area contributed by atoms with Gasteiger partial charge in [-0.05, 0) is 28.7 Å². The SMILES string of the molecule is Nc1cc(I)nc(C(F)F)c1Cl. The molecule has 1 heterocycles. The molecule has 0 spiro atoms. The zero-order valence-corrected chi connectivity index (χ0v) is 8.60. The van der Waals surface area contributed by atoms with Gasteiger partial charge in [-0.15, -0.1) is 0 Å². The van der Waals surface area contributed by atoms with Gasteiger partial charge in [0.15, 0.2) is 0 Å². The van der Waals surface area contributed by atoms with E-state index in [0.29, 0.717) is 3.70 Å². The lowest BCUT2D eigenvalue weighted by atomic mass is 10.3. The van der Waals surface area contributed by atoms with Gasteiger partial charge in [-0.25, -0.2) is 13.8 Å². The highest BCUT2D eigenvalue weighted by Crippen LogP contribution is 2.30. The monoisotopic (exact) mass is 304 g/mol. The second-order valence-corrected chi connectivity index (χ2v) is 3.52. The highest BCUT2D eigenvalue weighted by molar-refractivity contribution is 14.1. The highest BCUT2D eigenvalue weighted by atomic mass is 127. The van der Waals surface area contributed by atoms with Crippen LogP contribution in [0, 0.1) is 3.70 Å². The Hall–Kier alpha value is -0.170. The summed E-state index contributed by atoms with van der Waals surface area (Å²) in [5, 5.41) is -0.162. The summed E-state index contributed by atoms with van der Waals surface area (Å²) in [6.45, 7) is 0. The number of rotatable bonds is 1. The molecule has 0 saturated carbocycles. The van der Waals surface area contributed by atoms with E-state index in [1.54, 1.807) is 22.6 Å². The number of aromatic nitrogens is 1. The van der Waals surface area contributed by atoms with Crippen LogP contribution < -0.4 is 5.73 Å². The van der Waals surface area contributed by atoms with Crippen LogP contribution in [0.25, 0.3) is 0 Å². The molecule has 1 rings (SSSR count). The number of alkyl halides is 2. The molecule has 0 aliphatic carbocycles. The zero-order chi connectivity index (χ0) is 9.30. The molecular formula is C6H4ClF2IN2. The molecule has 1 aromatic rings. The van der Waals surface area contributed by atoms with E-state index >= 15 is 0 Å². The van der Waals surface area contributed by atoms with Gasteiger partial charge in [0.1, 0.15) is 9.39 Å². The Morgan fingerprint density at radius 1 is 1.58 bits per heavy atom. The van der Waals surface area contributed by atoms with Crippen molar-refractivity contribution in [3.05, 3.63) is 20.5 Å². The largest absolute Gasteiger partial charge is 0.397 e. The summed E-state index contributed by atoms with van der Waals surface area (Å²) in [6, 6.07) is 1.44. The Morgan fingerprint density at radius 3 is 2.67 bits per heavy atom. The van der Waals surface area contributed by atoms with Crippen LogP contribution in [0.15, 0.2) is 6.07 Å². The van der Waals surface area contributed by atoms with Crippen molar-refractivity contribution in [2.24, 2.45) is 0 Å². The summed E-state index contributed by atoms with van der Waals surface area (Å²) in [5.74, 6) is 0. The van der Waals surface area contributed by atoms with Crippen molar-refractivity contribution in [2.75, 3.05) is 5.73 Å². The fourth-order valence-corrected chi connectivity index (χ4v) is 1.46. The van der Waals surface area contributed by atoms with E-state index in [-0.39, 0.29) is 10.7 Å². The summed E-state index contributed by atoms with van der Waals surface area (Å²) in [7, 11) is 0. The molecule has 0 atom stereocenters. The van der Waals surface area contributed by atoms with Gasteiger partial charge in [0.25, 0.3) is 6.43 Å². The van der Waals surface area contributed by atoms with Crippen LogP contribution in [0.4, 0.5) is 14.5 Å². The fraction of sp³-hybridized carbons (Fsp3) is 0.167. The summed E-state index contributed by atoms with van der Waals surface area (Å²) < 4.78 is 24.8. The van der Waals surface area contributed by atoms with Gasteiger partial charge in [-0.2, -0.15) is 0 Å². The van der Waals surface area contributed by atoms with Gasteiger partial charge in [-0.1, -0.05) is 11.6 Å². The maximum atomic E-state index is 12.2. The molecule has 0 amide bonds. The van der Waals surface area contributed by atoms with E-state index in [4.69, 9.17) is 17.3 Å². The number of anilines is 1. The lowest BCUT2D eigenvalue weighted by molar-refractivity contribution is 0.146. The molecule has 6 heteroatoms. The summed E-state index contributed by atoms with van der Waals surface area (Å²) in [5.41, 5.74) is 5.02. The van der Waals surface area contributed by atoms with Gasteiger partial charge >= 0.3 is 0 Å². The van der Waals surface area contributed by atoms with E-state index in [9.17, 15) is 8.78 Å². The van der Waals surface area contributed by atoms with Crippen molar-refractivity contribution < 1.29 is 8.78 Å². The third-order valence-corrected chi connectivity index (χ3v) is 2.15. The Balaban J connectivity index is 3.28. The molecule has 0 unspecified atom stereocenters. The second-order valence-electron chi connectivity index (χ2n) is 2.03. The zero-order valence-electron chi connectivity index (χ0n) is 5.69. The highest BCUT2D eigenvalue weighted by Gasteiger charge is 2.16. The molecular weight excluding hydrogens is 300 g/mol. The molecule has 0 fully saturated rings. The Bertz CT molecular complexity index is 306. The van der Waals surface area contributed by atoms with E-state index in [1.807, 2.05) is 0 Å². The first kappa shape index (κ1) is 9.91. The molecule has 0 saturated heterocycles. The van der Waals surface area contributed by atoms with Gasteiger partial charge in [0.2, 0.25) is 0 Å². The first-order valence-corrected chi connectivity index (χ1v) is 4.37. The van der Waals surface area contributed by atoms with E-state index in [0.717, 1.165) is 0 Å². The summed E-state index contributed by atoms with van der Waals surface area (Å²) >= 11 is 7.29. The average Bonchev–Trinajstić information content (AvgIpc) is 1.96. The van der Waals surface area contributed by atoms with Crippen molar-refractivity contribution in [2.45, 2.75) is 6.43 Å². The van der Waals surface area contributed by atoms with Crippen LogP contribution in [0.3, 0.4) is 0 Å². The predicted molar refractivity (Wildman–Crippen MR) is 51.3 cm³/mol. The number of pyridine rings is 1. The van der Waals surface area contributed by atoms with Crippen molar-refractivity contribution in [3.8, 4) is 0 Å². The quantitative estimate of drug-likeness (QED) is 0.640. The number of nitrogen functional groups attached to an aromatic ring is 1. The fourth-order valence-electron chi connectivity index (χ4n) is 0.681. The number of nitrogens with zero attached hydrogens (tertiary/aromatic N) is 1. The van der Waals surface area contributed by atoms with Crippen LogP contribution in [0.5, 0.6) is 0 Å². The maximum absolute atomic E-state index is 12.2. The smallest absolute Gasteiger partial charge is 0.281 e. The third kappa shape index (κ3) is 1.95. The van der Waals surface area contributed by atoms with Gasteiger partial charge in [-0.3, -0.25) is 0 Å². The lowest BCUT2D eigenvalue weighted by Crippen LogP contribution is -1.98. The number of halogens is 4. The molecule has 2 N–H and O–H groups in total. The molecule has 2 nitrogen and oxygen atoms in total. The standard InChI is InChI=1S/C6H4ClF2IN2/c7-4-2(11)1-3(10)12-5(4)6(8)9/h1,6H,(H2,11,12). The molecule has 0 aliphatic rings. The van der Waals surface area contributed by atoms with Crippen molar-refractivity contribution in [1.82, 2.24) is 4.98 Å². The van der Waals surface area contributed by atoms with Gasteiger partial charge < -0.3 is 5.73 Å². The minimum Gasteiger partial charge on any atom is -0.397 e. The average molecular weight is 304 g/mol. The normalized spacial score (nSPS) is 10.8. The van der Waals surface area contributed by atoms with E-state index < -0.39 is 12.1 Å². The van der Waals surface area contributed by atoms with Crippen LogP contribution in [0.1, 0.15) is 12.1 Å². The second kappa shape index (κ2) is 3.69. The van der Waals surface area contributed by atoms with Crippen LogP contribution in [0.2, 0.25) is 5.02 Å². The maximum Gasteiger partial charge on any atom is 0.281 e. The predicted octanol–water partition coefficient (Wildman–Crippen LogP) is 2.86. The van der Waals surface area contributed by atoms with E-state index in [2.05, 4.69) is 4.98 Å². The number of hydrogen-bond donors (Lipinski definition) is 1. The molecule has 1 aromatic heterocycles. The summed E-state index contributed by atoms with van der Waals surface area (Å²) in [4.78, 5) is 3.56. The van der Waals surface area contributed by atoms with Gasteiger partial charge in [0, 0.05) is 0 Å². The Morgan fingerprint density at radius 2 is 2.17 bits per heavy atom. The molecule has 0 aliphatic heterocycles. The minimum atomic E-state index is -2.69. The Labute approximate surface area is 86.3 Å². The van der Waals surface area contributed by atoms with Crippen LogP contribution in [-0.2, 0) is 0 Å². The third-order valence-electron chi connectivity index (χ3n) is 1.19. The molecule has 66 valence electrons. The van der Waals surface area contributed by atoms with Crippen molar-refractivity contribution >= 4 is 39.9 Å². The van der Waals surface area contributed by atoms with Gasteiger partial charge in [0.05, 0.1) is 10.7 Å². The first-order chi connectivity index (χ1) is 5.52. The lowest BCUT2D eigenvalue weighted by Gasteiger charge is -2.04. The van der Waals surface area contributed by atoms with E-state index in [1.165, 1.54) is 6.07 Å². The Kier molecular flexibility index (Phi) is 3.05. The molecule has 0 radical (unpaired) electrons. The summed E-state index contributed by atoms with van der Waals surface area (Å²) in [6.07, 6.45) is -2.69. The minimum absolute atomic E-state index is 0.131. The molecule has 0 bridgehead atoms. The van der Waals surface area contributed by atoms with Crippen LogP contribution in [-0.4, -0.2) is 4.98 Å².